The highest BCUT2D eigenvalue weighted by Crippen LogP contribution is 2.12. The lowest BCUT2D eigenvalue weighted by Gasteiger charge is -2.28. The van der Waals surface area contributed by atoms with Gasteiger partial charge in [0.25, 0.3) is 0 Å². The van der Waals surface area contributed by atoms with Gasteiger partial charge in [0.05, 0.1) is 0 Å². The summed E-state index contributed by atoms with van der Waals surface area (Å²) in [5.74, 6) is 0.239. The number of benzene rings is 1. The van der Waals surface area contributed by atoms with Crippen LogP contribution in [0.25, 0.3) is 0 Å². The fraction of sp³-hybridized carbons (Fsp3) is 0.556. The van der Waals surface area contributed by atoms with Crippen molar-refractivity contribution in [3.05, 3.63) is 35.4 Å². The van der Waals surface area contributed by atoms with Gasteiger partial charge in [0.2, 0.25) is 5.91 Å². The molecule has 1 aromatic rings. The van der Waals surface area contributed by atoms with E-state index in [9.17, 15) is 9.59 Å². The molecule has 0 unspecified atom stereocenters. The van der Waals surface area contributed by atoms with E-state index in [1.165, 1.54) is 4.90 Å². The molecule has 0 saturated heterocycles. The maximum Gasteiger partial charge on any atom is 0.318 e. The van der Waals surface area contributed by atoms with Crippen LogP contribution in [0.3, 0.4) is 0 Å². The van der Waals surface area contributed by atoms with E-state index in [0.717, 1.165) is 11.1 Å². The predicted octanol–water partition coefficient (Wildman–Crippen LogP) is 2.64. The molecule has 0 aromatic heterocycles. The molecule has 0 aliphatic rings. The Balaban J connectivity index is 2.83. The molecular formula is C18H29N3O2. The lowest BCUT2D eigenvalue weighted by molar-refractivity contribution is -0.130. The van der Waals surface area contributed by atoms with E-state index in [1.54, 1.807) is 25.9 Å². The molecule has 0 heterocycles. The Kier molecular flexibility index (Phi) is 7.07. The van der Waals surface area contributed by atoms with Crippen molar-refractivity contribution in [2.24, 2.45) is 5.92 Å². The van der Waals surface area contributed by atoms with Crippen molar-refractivity contribution in [1.29, 1.82) is 0 Å². The second kappa shape index (κ2) is 8.56. The first-order valence-corrected chi connectivity index (χ1v) is 8.03. The summed E-state index contributed by atoms with van der Waals surface area (Å²) in [5.41, 5.74) is 2.28. The predicted molar refractivity (Wildman–Crippen MR) is 93.1 cm³/mol. The maximum absolute atomic E-state index is 12.6. The number of carbonyl (C=O) groups excluding carboxylic acids is 2. The van der Waals surface area contributed by atoms with E-state index in [1.807, 2.05) is 31.2 Å². The highest BCUT2D eigenvalue weighted by atomic mass is 16.2. The minimum absolute atomic E-state index is 0.112. The number of carbonyl (C=O) groups is 2. The lowest BCUT2D eigenvalue weighted by atomic mass is 10.1. The Morgan fingerprint density at radius 2 is 1.74 bits per heavy atom. The van der Waals surface area contributed by atoms with Crippen LogP contribution in [0.1, 0.15) is 31.9 Å². The fourth-order valence-corrected chi connectivity index (χ4v) is 2.38. The van der Waals surface area contributed by atoms with Crippen LogP contribution in [0, 0.1) is 12.8 Å². The van der Waals surface area contributed by atoms with Crippen LogP contribution in [-0.2, 0) is 11.3 Å². The van der Waals surface area contributed by atoms with Gasteiger partial charge < -0.3 is 15.1 Å². The minimum Gasteiger partial charge on any atom is -0.347 e. The summed E-state index contributed by atoms with van der Waals surface area (Å²) in [4.78, 5) is 27.8. The first kappa shape index (κ1) is 19.0. The molecule has 1 aromatic carbocycles. The second-order valence-corrected chi connectivity index (χ2v) is 6.60. The van der Waals surface area contributed by atoms with Crippen molar-refractivity contribution >= 4 is 11.9 Å². The summed E-state index contributed by atoms with van der Waals surface area (Å²) < 4.78 is 0. The van der Waals surface area contributed by atoms with Crippen LogP contribution in [0.4, 0.5) is 4.79 Å². The summed E-state index contributed by atoms with van der Waals surface area (Å²) in [6.07, 6.45) is 0. The Morgan fingerprint density at radius 3 is 2.26 bits per heavy atom. The number of aryl methyl sites for hydroxylation is 1. The largest absolute Gasteiger partial charge is 0.347 e. The van der Waals surface area contributed by atoms with Crippen LogP contribution in [0.15, 0.2) is 24.3 Å². The molecule has 0 radical (unpaired) electrons. The van der Waals surface area contributed by atoms with Crippen molar-refractivity contribution in [3.8, 4) is 0 Å². The number of likely N-dealkylation sites (N-methyl/N-ethyl adjacent to an activating group) is 1. The minimum atomic E-state index is -0.538. The Hall–Kier alpha value is -2.04. The summed E-state index contributed by atoms with van der Waals surface area (Å²) in [6.45, 7) is 9.09. The molecule has 0 aliphatic heterocycles. The number of hydrogen-bond acceptors (Lipinski definition) is 2. The second-order valence-electron chi connectivity index (χ2n) is 6.60. The molecule has 23 heavy (non-hydrogen) atoms. The van der Waals surface area contributed by atoms with Gasteiger partial charge in [-0.3, -0.25) is 4.79 Å². The number of amides is 3. The zero-order chi connectivity index (χ0) is 17.6. The summed E-state index contributed by atoms with van der Waals surface area (Å²) in [6, 6.07) is 7.30. The van der Waals surface area contributed by atoms with Gasteiger partial charge in [-0.05, 0) is 30.9 Å². The molecule has 3 amide bonds. The molecule has 1 rings (SSSR count). The molecule has 0 aliphatic carbocycles. The van der Waals surface area contributed by atoms with E-state index in [0.29, 0.717) is 19.0 Å². The smallest absolute Gasteiger partial charge is 0.318 e. The highest BCUT2D eigenvalue weighted by Gasteiger charge is 2.22. The topological polar surface area (TPSA) is 52.7 Å². The van der Waals surface area contributed by atoms with Gasteiger partial charge >= 0.3 is 6.03 Å². The first-order valence-electron chi connectivity index (χ1n) is 8.03. The van der Waals surface area contributed by atoms with Crippen molar-refractivity contribution in [2.75, 3.05) is 20.6 Å². The van der Waals surface area contributed by atoms with E-state index < -0.39 is 6.04 Å². The maximum atomic E-state index is 12.6. The average molecular weight is 319 g/mol. The third-order valence-electron chi connectivity index (χ3n) is 3.65. The highest BCUT2D eigenvalue weighted by molar-refractivity contribution is 5.86. The zero-order valence-electron chi connectivity index (χ0n) is 15.1. The van der Waals surface area contributed by atoms with Gasteiger partial charge in [-0.1, -0.05) is 38.1 Å². The normalized spacial score (nSPS) is 12.0. The SMILES string of the molecule is Cc1ccccc1CN(CC(C)C)C(=O)N[C@H](C)C(=O)N(C)C. The zero-order valence-corrected chi connectivity index (χ0v) is 15.1. The number of nitrogens with zero attached hydrogens (tertiary/aromatic N) is 2. The standard InChI is InChI=1S/C18H29N3O2/c1-13(2)11-21(12-16-10-8-7-9-14(16)3)18(23)19-15(4)17(22)20(5)6/h7-10,13,15H,11-12H2,1-6H3,(H,19,23)/t15-/m1/s1. The summed E-state index contributed by atoms with van der Waals surface area (Å²) >= 11 is 0. The van der Waals surface area contributed by atoms with Crippen molar-refractivity contribution < 1.29 is 9.59 Å². The fourth-order valence-electron chi connectivity index (χ4n) is 2.38. The van der Waals surface area contributed by atoms with Gasteiger partial charge in [-0.2, -0.15) is 0 Å². The van der Waals surface area contributed by atoms with E-state index in [4.69, 9.17) is 0 Å². The van der Waals surface area contributed by atoms with Crippen LogP contribution in [0.2, 0.25) is 0 Å². The lowest BCUT2D eigenvalue weighted by Crippen LogP contribution is -2.50. The Morgan fingerprint density at radius 1 is 1.13 bits per heavy atom. The molecule has 128 valence electrons. The molecule has 5 nitrogen and oxygen atoms in total. The van der Waals surface area contributed by atoms with E-state index >= 15 is 0 Å². The molecule has 1 atom stereocenters. The van der Waals surface area contributed by atoms with Gasteiger partial charge in [-0.25, -0.2) is 4.79 Å². The first-order chi connectivity index (χ1) is 10.7. The molecule has 0 saturated carbocycles. The quantitative estimate of drug-likeness (QED) is 0.876. The molecule has 5 heteroatoms. The Labute approximate surface area is 139 Å². The number of hydrogen-bond donors (Lipinski definition) is 1. The number of urea groups is 1. The van der Waals surface area contributed by atoms with E-state index in [-0.39, 0.29) is 11.9 Å². The monoisotopic (exact) mass is 319 g/mol. The Bertz CT molecular complexity index is 541. The van der Waals surface area contributed by atoms with Gasteiger partial charge in [-0.15, -0.1) is 0 Å². The molecule has 0 bridgehead atoms. The van der Waals surface area contributed by atoms with Gasteiger partial charge in [0, 0.05) is 27.2 Å². The van der Waals surface area contributed by atoms with Crippen LogP contribution >= 0.6 is 0 Å². The molecular weight excluding hydrogens is 290 g/mol. The third kappa shape index (κ3) is 5.93. The van der Waals surface area contributed by atoms with Gasteiger partial charge in [0.15, 0.2) is 0 Å². The molecule has 0 spiro atoms. The van der Waals surface area contributed by atoms with Crippen molar-refractivity contribution in [2.45, 2.75) is 40.3 Å². The van der Waals surface area contributed by atoms with E-state index in [2.05, 4.69) is 19.2 Å². The summed E-state index contributed by atoms with van der Waals surface area (Å²) in [5, 5.41) is 2.80. The third-order valence-corrected chi connectivity index (χ3v) is 3.65. The number of rotatable bonds is 6. The van der Waals surface area contributed by atoms with Crippen LogP contribution in [0.5, 0.6) is 0 Å². The van der Waals surface area contributed by atoms with Crippen LogP contribution < -0.4 is 5.32 Å². The number of nitrogens with one attached hydrogen (secondary N) is 1. The molecule has 0 fully saturated rings. The summed E-state index contributed by atoms with van der Waals surface area (Å²) in [7, 11) is 3.37. The average Bonchev–Trinajstić information content (AvgIpc) is 2.47. The van der Waals surface area contributed by atoms with Crippen LogP contribution in [-0.4, -0.2) is 48.4 Å². The van der Waals surface area contributed by atoms with Crippen molar-refractivity contribution in [1.82, 2.24) is 15.1 Å². The molecule has 1 N–H and O–H groups in total. The van der Waals surface area contributed by atoms with Gasteiger partial charge in [0.1, 0.15) is 6.04 Å². The van der Waals surface area contributed by atoms with Crippen molar-refractivity contribution in [3.63, 3.8) is 0 Å².